The number of methoxy groups -OCH3 is 1. The van der Waals surface area contributed by atoms with Crippen molar-refractivity contribution in [1.82, 2.24) is 14.8 Å². The van der Waals surface area contributed by atoms with Crippen LogP contribution in [0.5, 0.6) is 0 Å². The van der Waals surface area contributed by atoms with Crippen molar-refractivity contribution in [1.29, 1.82) is 0 Å². The highest BCUT2D eigenvalue weighted by Crippen LogP contribution is 2.42. The van der Waals surface area contributed by atoms with E-state index in [0.717, 1.165) is 34.1 Å². The zero-order valence-electron chi connectivity index (χ0n) is 17.9. The number of nitrogens with zero attached hydrogens (tertiary/aromatic N) is 2. The van der Waals surface area contributed by atoms with Crippen LogP contribution in [0, 0.1) is 6.92 Å². The summed E-state index contributed by atoms with van der Waals surface area (Å²) in [5, 5.41) is 1.13. The van der Waals surface area contributed by atoms with E-state index in [9.17, 15) is 9.59 Å². The van der Waals surface area contributed by atoms with E-state index in [2.05, 4.69) is 48.3 Å². The number of rotatable bonds is 5. The van der Waals surface area contributed by atoms with Gasteiger partial charge in [0.1, 0.15) is 6.04 Å². The fraction of sp³-hybridized carbons (Fsp3) is 0.360. The van der Waals surface area contributed by atoms with Gasteiger partial charge in [0.2, 0.25) is 11.8 Å². The van der Waals surface area contributed by atoms with E-state index < -0.39 is 6.04 Å². The van der Waals surface area contributed by atoms with Gasteiger partial charge in [-0.15, -0.1) is 0 Å². The fourth-order valence-electron chi connectivity index (χ4n) is 5.01. The van der Waals surface area contributed by atoms with Crippen molar-refractivity contribution in [3.05, 3.63) is 70.9 Å². The van der Waals surface area contributed by atoms with Gasteiger partial charge in [-0.25, -0.2) is 0 Å². The van der Waals surface area contributed by atoms with Gasteiger partial charge in [-0.05, 0) is 30.5 Å². The number of aromatic nitrogens is 1. The average Bonchev–Trinajstić information content (AvgIpc) is 3.15. The molecule has 6 nitrogen and oxygen atoms in total. The number of ether oxygens (including phenoxy) is 1. The molecule has 31 heavy (non-hydrogen) atoms. The Morgan fingerprint density at radius 2 is 1.87 bits per heavy atom. The van der Waals surface area contributed by atoms with Crippen LogP contribution in [-0.4, -0.2) is 59.4 Å². The number of hydrogen-bond acceptors (Lipinski definition) is 3. The summed E-state index contributed by atoms with van der Waals surface area (Å²) in [7, 11) is 1.65. The van der Waals surface area contributed by atoms with Crippen molar-refractivity contribution in [2.75, 3.05) is 26.8 Å². The summed E-state index contributed by atoms with van der Waals surface area (Å²) in [6.45, 7) is 3.29. The Kier molecular flexibility index (Phi) is 5.02. The Hall–Kier alpha value is -3.12. The Morgan fingerprint density at radius 1 is 1.10 bits per heavy atom. The van der Waals surface area contributed by atoms with Gasteiger partial charge >= 0.3 is 0 Å². The number of aryl methyl sites for hydroxylation is 1. The summed E-state index contributed by atoms with van der Waals surface area (Å²) in [5.74, 6) is 0.0284. The second kappa shape index (κ2) is 7.85. The predicted octanol–water partition coefficient (Wildman–Crippen LogP) is 3.20. The number of para-hydroxylation sites is 1. The van der Waals surface area contributed by atoms with Crippen LogP contribution in [0.1, 0.15) is 34.8 Å². The van der Waals surface area contributed by atoms with Gasteiger partial charge in [0.15, 0.2) is 0 Å². The summed E-state index contributed by atoms with van der Waals surface area (Å²) >= 11 is 0. The van der Waals surface area contributed by atoms with Gasteiger partial charge < -0.3 is 19.5 Å². The Labute approximate surface area is 181 Å². The molecule has 160 valence electrons. The molecule has 5 rings (SSSR count). The summed E-state index contributed by atoms with van der Waals surface area (Å²) in [4.78, 5) is 33.9. The van der Waals surface area contributed by atoms with Crippen LogP contribution in [0.4, 0.5) is 0 Å². The van der Waals surface area contributed by atoms with E-state index in [1.165, 1.54) is 5.56 Å². The molecule has 3 aromatic rings. The standard InChI is InChI=1S/C25H27N3O3/c1-16-8-10-17(11-9-16)24-23-19(18-6-3-4-7-20(18)26-23)14-21-25(30)27(12-5-13-31-2)15-22(29)28(21)24/h3-4,6-11,21,24,26H,5,12-15H2,1-2H3/t21-,24-/m0/s1. The SMILES string of the molecule is COCCCN1CC(=O)N2[C@@H](c3ccc(C)cc3)c3[nH]c4ccccc4c3C[C@H]2C1=O. The normalized spacial score (nSPS) is 20.8. The number of carbonyl (C=O) groups is 2. The Bertz CT molecular complexity index is 1130. The molecule has 0 unspecified atom stereocenters. The molecular weight excluding hydrogens is 390 g/mol. The summed E-state index contributed by atoms with van der Waals surface area (Å²) in [6, 6.07) is 15.7. The van der Waals surface area contributed by atoms with E-state index in [1.807, 2.05) is 17.0 Å². The number of fused-ring (bicyclic) bond motifs is 4. The number of piperazine rings is 1. The first-order valence-corrected chi connectivity index (χ1v) is 10.8. The van der Waals surface area contributed by atoms with Gasteiger partial charge in [0, 0.05) is 43.3 Å². The second-order valence-electron chi connectivity index (χ2n) is 8.50. The average molecular weight is 418 g/mol. The molecule has 2 amide bonds. The molecule has 0 spiro atoms. The van der Waals surface area contributed by atoms with Crippen molar-refractivity contribution in [2.24, 2.45) is 0 Å². The van der Waals surface area contributed by atoms with E-state index in [-0.39, 0.29) is 24.4 Å². The van der Waals surface area contributed by atoms with Crippen LogP contribution in [0.2, 0.25) is 0 Å². The van der Waals surface area contributed by atoms with Gasteiger partial charge in [0.05, 0.1) is 12.6 Å². The highest BCUT2D eigenvalue weighted by Gasteiger charge is 2.47. The highest BCUT2D eigenvalue weighted by molar-refractivity contribution is 5.97. The van der Waals surface area contributed by atoms with E-state index in [4.69, 9.17) is 4.74 Å². The zero-order chi connectivity index (χ0) is 21.5. The van der Waals surface area contributed by atoms with Crippen molar-refractivity contribution in [3.8, 4) is 0 Å². The van der Waals surface area contributed by atoms with E-state index >= 15 is 0 Å². The maximum atomic E-state index is 13.5. The lowest BCUT2D eigenvalue weighted by atomic mass is 9.86. The Balaban J connectivity index is 1.61. The summed E-state index contributed by atoms with van der Waals surface area (Å²) in [6.07, 6.45) is 1.26. The first-order chi connectivity index (χ1) is 15.1. The molecule has 1 fully saturated rings. The first-order valence-electron chi connectivity index (χ1n) is 10.8. The quantitative estimate of drug-likeness (QED) is 0.649. The van der Waals surface area contributed by atoms with Gasteiger partial charge in [-0.1, -0.05) is 48.0 Å². The fourth-order valence-corrected chi connectivity index (χ4v) is 5.01. The highest BCUT2D eigenvalue weighted by atomic mass is 16.5. The number of H-pyrrole nitrogens is 1. The monoisotopic (exact) mass is 417 g/mol. The zero-order valence-corrected chi connectivity index (χ0v) is 17.9. The Morgan fingerprint density at radius 3 is 2.65 bits per heavy atom. The lowest BCUT2D eigenvalue weighted by molar-refractivity contribution is -0.158. The van der Waals surface area contributed by atoms with Crippen molar-refractivity contribution in [2.45, 2.75) is 31.8 Å². The topological polar surface area (TPSA) is 65.6 Å². The maximum Gasteiger partial charge on any atom is 0.246 e. The van der Waals surface area contributed by atoms with Gasteiger partial charge in [0.25, 0.3) is 0 Å². The number of nitrogens with one attached hydrogen (secondary N) is 1. The van der Waals surface area contributed by atoms with Crippen LogP contribution >= 0.6 is 0 Å². The molecule has 6 heteroatoms. The second-order valence-corrected chi connectivity index (χ2v) is 8.50. The minimum atomic E-state index is -0.484. The number of carbonyl (C=O) groups excluding carboxylic acids is 2. The number of benzene rings is 2. The van der Waals surface area contributed by atoms with E-state index in [0.29, 0.717) is 19.6 Å². The molecular formula is C25H27N3O3. The number of aromatic amines is 1. The molecule has 0 bridgehead atoms. The third-order valence-corrected chi connectivity index (χ3v) is 6.51. The molecule has 1 aromatic heterocycles. The van der Waals surface area contributed by atoms with Crippen LogP contribution in [0.25, 0.3) is 10.9 Å². The molecule has 2 atom stereocenters. The predicted molar refractivity (Wildman–Crippen MR) is 119 cm³/mol. The molecule has 2 aliphatic heterocycles. The number of amides is 2. The molecule has 1 N–H and O–H groups in total. The van der Waals surface area contributed by atoms with Crippen molar-refractivity contribution in [3.63, 3.8) is 0 Å². The molecule has 3 heterocycles. The minimum absolute atomic E-state index is 0.00287. The molecule has 0 saturated carbocycles. The largest absolute Gasteiger partial charge is 0.385 e. The molecule has 2 aromatic carbocycles. The molecule has 0 aliphatic carbocycles. The molecule has 0 radical (unpaired) electrons. The third kappa shape index (κ3) is 3.31. The van der Waals surface area contributed by atoms with Crippen LogP contribution in [0.3, 0.4) is 0 Å². The van der Waals surface area contributed by atoms with Crippen LogP contribution in [-0.2, 0) is 20.7 Å². The third-order valence-electron chi connectivity index (χ3n) is 6.51. The lowest BCUT2D eigenvalue weighted by Gasteiger charge is -2.47. The molecule has 1 saturated heterocycles. The van der Waals surface area contributed by atoms with Crippen molar-refractivity contribution < 1.29 is 14.3 Å². The number of hydrogen-bond donors (Lipinski definition) is 1. The maximum absolute atomic E-state index is 13.5. The first kappa shape index (κ1) is 19.8. The van der Waals surface area contributed by atoms with Gasteiger partial charge in [-0.3, -0.25) is 9.59 Å². The molecule has 2 aliphatic rings. The lowest BCUT2D eigenvalue weighted by Crippen LogP contribution is -2.63. The smallest absolute Gasteiger partial charge is 0.246 e. The minimum Gasteiger partial charge on any atom is -0.385 e. The van der Waals surface area contributed by atoms with Gasteiger partial charge in [-0.2, -0.15) is 0 Å². The summed E-state index contributed by atoms with van der Waals surface area (Å²) in [5.41, 5.74) is 5.40. The van der Waals surface area contributed by atoms with Crippen LogP contribution < -0.4 is 0 Å². The summed E-state index contributed by atoms with van der Waals surface area (Å²) < 4.78 is 5.13. The van der Waals surface area contributed by atoms with Crippen molar-refractivity contribution >= 4 is 22.7 Å². The van der Waals surface area contributed by atoms with Crippen LogP contribution in [0.15, 0.2) is 48.5 Å². The van der Waals surface area contributed by atoms with E-state index in [1.54, 1.807) is 12.0 Å².